The van der Waals surface area contributed by atoms with E-state index in [-0.39, 0.29) is 11.0 Å². The number of allylic oxidation sites excluding steroid dienone is 2. The lowest BCUT2D eigenvalue weighted by Gasteiger charge is -2.39. The average Bonchev–Trinajstić information content (AvgIpc) is 2.61. The Labute approximate surface area is 169 Å². The van der Waals surface area contributed by atoms with Gasteiger partial charge in [0.2, 0.25) is 0 Å². The van der Waals surface area contributed by atoms with Crippen LogP contribution in [0.15, 0.2) is 72.4 Å². The van der Waals surface area contributed by atoms with Crippen molar-refractivity contribution in [2.45, 2.75) is 51.0 Å². The minimum absolute atomic E-state index is 0.103. The predicted molar refractivity (Wildman–Crippen MR) is 116 cm³/mol. The van der Waals surface area contributed by atoms with Crippen LogP contribution in [0.25, 0.3) is 0 Å². The van der Waals surface area contributed by atoms with Crippen molar-refractivity contribution in [3.8, 4) is 0 Å². The van der Waals surface area contributed by atoms with Crippen molar-refractivity contribution < 1.29 is 13.0 Å². The number of benzene rings is 2. The van der Waals surface area contributed by atoms with Crippen LogP contribution in [-0.2, 0) is 15.5 Å². The lowest BCUT2D eigenvalue weighted by Crippen LogP contribution is -2.38. The van der Waals surface area contributed by atoms with Crippen LogP contribution in [0.5, 0.6) is 0 Å². The van der Waals surface area contributed by atoms with E-state index in [4.69, 9.17) is 4.55 Å². The normalized spacial score (nSPS) is 16.4. The monoisotopic (exact) mass is 401 g/mol. The van der Waals surface area contributed by atoms with Gasteiger partial charge >= 0.3 is 0 Å². The van der Waals surface area contributed by atoms with E-state index in [1.165, 1.54) is 16.8 Å². The summed E-state index contributed by atoms with van der Waals surface area (Å²) >= 11 is 0. The Morgan fingerprint density at radius 3 is 1.68 bits per heavy atom. The second kappa shape index (κ2) is 8.93. The maximum atomic E-state index is 9.19. The van der Waals surface area contributed by atoms with Gasteiger partial charge in [0.15, 0.2) is 0 Å². The summed E-state index contributed by atoms with van der Waals surface area (Å²) in [5.41, 5.74) is 4.48. The second-order valence-corrected chi connectivity index (χ2v) is 9.82. The molecule has 0 atom stereocenters. The van der Waals surface area contributed by atoms with Gasteiger partial charge in [0, 0.05) is 16.7 Å². The maximum Gasteiger partial charge on any atom is 0.261 e. The first-order valence-corrected chi connectivity index (χ1v) is 11.4. The molecular formula is C23H31NO3S. The zero-order valence-corrected chi connectivity index (χ0v) is 18.0. The fourth-order valence-corrected chi connectivity index (χ4v) is 3.65. The van der Waals surface area contributed by atoms with Crippen molar-refractivity contribution in [3.05, 3.63) is 83.6 Å². The Morgan fingerprint density at radius 2 is 1.36 bits per heavy atom. The maximum absolute atomic E-state index is 9.19. The molecule has 0 unspecified atom stereocenters. The van der Waals surface area contributed by atoms with Crippen LogP contribution in [0.3, 0.4) is 0 Å². The second-order valence-electron chi connectivity index (χ2n) is 8.36. The molecular weight excluding hydrogens is 370 g/mol. The lowest BCUT2D eigenvalue weighted by atomic mass is 9.66. The lowest BCUT2D eigenvalue weighted by molar-refractivity contribution is 0.405. The van der Waals surface area contributed by atoms with E-state index in [9.17, 15) is 8.42 Å². The van der Waals surface area contributed by atoms with Crippen LogP contribution in [0.2, 0.25) is 0 Å². The summed E-state index contributed by atoms with van der Waals surface area (Å²) in [6.07, 6.45) is 6.43. The smallest absolute Gasteiger partial charge is 0.261 e. The Bertz CT molecular complexity index is 835. The molecule has 3 rings (SSSR count). The van der Waals surface area contributed by atoms with Gasteiger partial charge < -0.3 is 5.32 Å². The van der Waals surface area contributed by atoms with E-state index in [1.807, 2.05) is 0 Å². The molecule has 28 heavy (non-hydrogen) atoms. The molecule has 0 radical (unpaired) electrons. The molecule has 2 aromatic rings. The zero-order valence-electron chi connectivity index (χ0n) is 17.1. The molecule has 152 valence electrons. The minimum atomic E-state index is -3.67. The Morgan fingerprint density at radius 1 is 0.929 bits per heavy atom. The number of hydrogen-bond donors (Lipinski definition) is 2. The number of nitrogens with one attached hydrogen (secondary N) is 1. The molecule has 0 saturated carbocycles. The number of hydrogen-bond acceptors (Lipinski definition) is 3. The summed E-state index contributed by atoms with van der Waals surface area (Å²) in [6.45, 7) is 6.68. The first kappa shape index (κ1) is 22.2. The van der Waals surface area contributed by atoms with Crippen molar-refractivity contribution in [1.29, 1.82) is 0 Å². The SMILES string of the molecule is CC(C)(C)NC1=CCC(c2ccccc2)(c2ccccc2)CC1.CS(=O)(=O)O. The van der Waals surface area contributed by atoms with Gasteiger partial charge in [-0.05, 0) is 51.2 Å². The summed E-state index contributed by atoms with van der Waals surface area (Å²) in [5, 5.41) is 3.66. The molecule has 0 aromatic heterocycles. The average molecular weight is 402 g/mol. The molecule has 4 nitrogen and oxygen atoms in total. The standard InChI is InChI=1S/C22H27N.CH4O3S/c1-21(2,3)23-20-14-16-22(17-15-20,18-10-6-4-7-11-18)19-12-8-5-9-13-19;1-5(2,3)4/h4-14,23H,15-17H2,1-3H3;1H3,(H,2,3,4). The van der Waals surface area contributed by atoms with Gasteiger partial charge in [-0.3, -0.25) is 4.55 Å². The molecule has 2 N–H and O–H groups in total. The Kier molecular flexibility index (Phi) is 7.07. The quantitative estimate of drug-likeness (QED) is 0.716. The van der Waals surface area contributed by atoms with Crippen LogP contribution >= 0.6 is 0 Å². The molecule has 0 bridgehead atoms. The molecule has 1 aliphatic carbocycles. The van der Waals surface area contributed by atoms with Crippen LogP contribution < -0.4 is 5.32 Å². The van der Waals surface area contributed by atoms with Crippen LogP contribution in [-0.4, -0.2) is 24.8 Å². The van der Waals surface area contributed by atoms with Crippen molar-refractivity contribution in [2.24, 2.45) is 0 Å². The molecule has 0 spiro atoms. The van der Waals surface area contributed by atoms with Gasteiger partial charge in [0.05, 0.1) is 6.26 Å². The zero-order chi connectivity index (χ0) is 20.8. The Balaban J connectivity index is 0.000000500. The first-order valence-electron chi connectivity index (χ1n) is 9.50. The molecule has 2 aromatic carbocycles. The molecule has 0 fully saturated rings. The van der Waals surface area contributed by atoms with Crippen molar-refractivity contribution >= 4 is 10.1 Å². The fourth-order valence-electron chi connectivity index (χ4n) is 3.65. The molecule has 1 aliphatic rings. The molecule has 0 heterocycles. The highest BCUT2D eigenvalue weighted by molar-refractivity contribution is 7.85. The van der Waals surface area contributed by atoms with Crippen molar-refractivity contribution in [3.63, 3.8) is 0 Å². The summed E-state index contributed by atoms with van der Waals surface area (Å²) in [7, 11) is -3.67. The van der Waals surface area contributed by atoms with E-state index < -0.39 is 10.1 Å². The topological polar surface area (TPSA) is 66.4 Å². The number of rotatable bonds is 3. The van der Waals surface area contributed by atoms with Crippen LogP contribution in [0, 0.1) is 0 Å². The van der Waals surface area contributed by atoms with Gasteiger partial charge in [-0.15, -0.1) is 0 Å². The van der Waals surface area contributed by atoms with Gasteiger partial charge in [0.1, 0.15) is 0 Å². The first-order chi connectivity index (χ1) is 13.0. The van der Waals surface area contributed by atoms with Crippen molar-refractivity contribution in [1.82, 2.24) is 5.32 Å². The van der Waals surface area contributed by atoms with Crippen molar-refractivity contribution in [2.75, 3.05) is 6.26 Å². The third-order valence-corrected chi connectivity index (χ3v) is 4.71. The van der Waals surface area contributed by atoms with Gasteiger partial charge in [-0.25, -0.2) is 0 Å². The third-order valence-electron chi connectivity index (χ3n) is 4.71. The van der Waals surface area contributed by atoms with E-state index in [0.717, 1.165) is 19.3 Å². The summed E-state index contributed by atoms with van der Waals surface area (Å²) in [6, 6.07) is 22.0. The largest absolute Gasteiger partial charge is 0.384 e. The highest BCUT2D eigenvalue weighted by Crippen LogP contribution is 2.43. The summed E-state index contributed by atoms with van der Waals surface area (Å²) < 4.78 is 25.9. The molecule has 0 amide bonds. The van der Waals surface area contributed by atoms with E-state index in [0.29, 0.717) is 6.26 Å². The molecule has 5 heteroatoms. The Hall–Kier alpha value is -2.11. The summed E-state index contributed by atoms with van der Waals surface area (Å²) in [5.74, 6) is 0. The van der Waals surface area contributed by atoms with E-state index in [2.05, 4.69) is 92.8 Å². The third kappa shape index (κ3) is 6.80. The fraction of sp³-hybridized carbons (Fsp3) is 0.391. The minimum Gasteiger partial charge on any atom is -0.384 e. The van der Waals surface area contributed by atoms with Crippen LogP contribution in [0.1, 0.15) is 51.2 Å². The van der Waals surface area contributed by atoms with Crippen LogP contribution in [0.4, 0.5) is 0 Å². The highest BCUT2D eigenvalue weighted by Gasteiger charge is 2.35. The van der Waals surface area contributed by atoms with E-state index >= 15 is 0 Å². The van der Waals surface area contributed by atoms with Gasteiger partial charge in [-0.1, -0.05) is 66.7 Å². The predicted octanol–water partition coefficient (Wildman–Crippen LogP) is 4.93. The van der Waals surface area contributed by atoms with Gasteiger partial charge in [-0.2, -0.15) is 8.42 Å². The summed E-state index contributed by atoms with van der Waals surface area (Å²) in [4.78, 5) is 0. The highest BCUT2D eigenvalue weighted by atomic mass is 32.2. The molecule has 0 aliphatic heterocycles. The van der Waals surface area contributed by atoms with Gasteiger partial charge in [0.25, 0.3) is 10.1 Å². The molecule has 0 saturated heterocycles. The van der Waals surface area contributed by atoms with E-state index in [1.54, 1.807) is 0 Å².